The van der Waals surface area contributed by atoms with Crippen molar-refractivity contribution >= 4 is 16.1 Å². The second kappa shape index (κ2) is 6.17. The van der Waals surface area contributed by atoms with Crippen molar-refractivity contribution in [2.75, 3.05) is 20.2 Å². The van der Waals surface area contributed by atoms with Crippen LogP contribution in [0.4, 0.5) is 4.79 Å². The van der Waals surface area contributed by atoms with Crippen LogP contribution in [-0.4, -0.2) is 61.6 Å². The Kier molecular flexibility index (Phi) is 4.45. The molecule has 2 heterocycles. The zero-order valence-corrected chi connectivity index (χ0v) is 15.7. The molecule has 8 heteroatoms. The van der Waals surface area contributed by atoms with Gasteiger partial charge in [-0.05, 0) is 39.3 Å². The third-order valence-electron chi connectivity index (χ3n) is 4.47. The second-order valence-electron chi connectivity index (χ2n) is 7.43. The first-order valence-electron chi connectivity index (χ1n) is 8.27. The molecule has 0 spiro atoms. The molecule has 0 radical (unpaired) electrons. The van der Waals surface area contributed by atoms with Gasteiger partial charge in [-0.2, -0.15) is 4.31 Å². The molecular formula is C17H24N2O5S. The number of fused-ring (bicyclic) bond motifs is 2. The molecule has 1 amide bonds. The van der Waals surface area contributed by atoms with Crippen LogP contribution >= 0.6 is 0 Å². The van der Waals surface area contributed by atoms with Gasteiger partial charge in [-0.1, -0.05) is 6.07 Å². The van der Waals surface area contributed by atoms with Gasteiger partial charge in [0.05, 0.1) is 18.0 Å². The highest BCUT2D eigenvalue weighted by molar-refractivity contribution is 7.89. The van der Waals surface area contributed by atoms with Crippen molar-refractivity contribution in [3.05, 3.63) is 24.3 Å². The van der Waals surface area contributed by atoms with Crippen molar-refractivity contribution < 1.29 is 22.7 Å². The molecule has 0 aromatic heterocycles. The Hall–Kier alpha value is -1.80. The third kappa shape index (κ3) is 3.46. The Balaban J connectivity index is 1.75. The largest absolute Gasteiger partial charge is 0.497 e. The number of likely N-dealkylation sites (tertiary alicyclic amines) is 1. The molecule has 1 aromatic carbocycles. The number of hydrogen-bond donors (Lipinski definition) is 0. The standard InChI is InChI=1S/C17H24N2O5S/c1-17(2,3)24-16(20)18-10-13-8-12(18)11-19(13)25(21,22)15-7-5-6-14(9-15)23-4/h5-7,9,12-13H,8,10-11H2,1-4H3. The quantitative estimate of drug-likeness (QED) is 0.816. The summed E-state index contributed by atoms with van der Waals surface area (Å²) in [5.74, 6) is 0.501. The maximum absolute atomic E-state index is 12.9. The van der Waals surface area contributed by atoms with Gasteiger partial charge in [0.25, 0.3) is 0 Å². The summed E-state index contributed by atoms with van der Waals surface area (Å²) in [4.78, 5) is 14.1. The average molecular weight is 368 g/mol. The minimum absolute atomic E-state index is 0.139. The molecule has 2 unspecified atom stereocenters. The lowest BCUT2D eigenvalue weighted by Crippen LogP contribution is -2.51. The fraction of sp³-hybridized carbons (Fsp3) is 0.588. The van der Waals surface area contributed by atoms with E-state index in [9.17, 15) is 13.2 Å². The van der Waals surface area contributed by atoms with E-state index in [1.807, 2.05) is 20.8 Å². The van der Waals surface area contributed by atoms with E-state index in [4.69, 9.17) is 9.47 Å². The summed E-state index contributed by atoms with van der Waals surface area (Å²) in [6, 6.07) is 6.10. The average Bonchev–Trinajstić information content (AvgIpc) is 3.14. The van der Waals surface area contributed by atoms with E-state index in [0.717, 1.165) is 0 Å². The number of methoxy groups -OCH3 is 1. The van der Waals surface area contributed by atoms with Gasteiger partial charge in [-0.25, -0.2) is 13.2 Å². The summed E-state index contributed by atoms with van der Waals surface area (Å²) in [5, 5.41) is 0. The van der Waals surface area contributed by atoms with Crippen molar-refractivity contribution in [1.29, 1.82) is 0 Å². The number of carbonyl (C=O) groups is 1. The first kappa shape index (κ1) is 18.0. The summed E-state index contributed by atoms with van der Waals surface area (Å²) in [7, 11) is -2.11. The molecule has 0 N–H and O–H groups in total. The van der Waals surface area contributed by atoms with Crippen molar-refractivity contribution in [1.82, 2.24) is 9.21 Å². The number of hydrogen-bond acceptors (Lipinski definition) is 5. The molecule has 3 rings (SSSR count). The van der Waals surface area contributed by atoms with Crippen LogP contribution in [-0.2, 0) is 14.8 Å². The highest BCUT2D eigenvalue weighted by atomic mass is 32.2. The zero-order valence-electron chi connectivity index (χ0n) is 14.9. The van der Waals surface area contributed by atoms with Gasteiger partial charge in [0.1, 0.15) is 11.4 Å². The van der Waals surface area contributed by atoms with Crippen LogP contribution in [0, 0.1) is 0 Å². The van der Waals surface area contributed by atoms with Gasteiger partial charge in [-0.3, -0.25) is 0 Å². The number of piperazine rings is 1. The van der Waals surface area contributed by atoms with E-state index in [0.29, 0.717) is 25.3 Å². The summed E-state index contributed by atoms with van der Waals surface area (Å²) in [6.45, 7) is 6.11. The number of carbonyl (C=O) groups excluding carboxylic acids is 1. The van der Waals surface area contributed by atoms with Crippen LogP contribution in [0.15, 0.2) is 29.2 Å². The minimum atomic E-state index is -3.61. The van der Waals surface area contributed by atoms with E-state index < -0.39 is 15.6 Å². The molecule has 1 aromatic rings. The monoisotopic (exact) mass is 368 g/mol. The van der Waals surface area contributed by atoms with Crippen LogP contribution in [0.25, 0.3) is 0 Å². The maximum atomic E-state index is 12.9. The van der Waals surface area contributed by atoms with Crippen LogP contribution in [0.5, 0.6) is 5.75 Å². The molecule has 2 saturated heterocycles. The number of nitrogens with zero attached hydrogens (tertiary/aromatic N) is 2. The first-order valence-corrected chi connectivity index (χ1v) is 9.71. The lowest BCUT2D eigenvalue weighted by atomic mass is 10.2. The number of amides is 1. The van der Waals surface area contributed by atoms with Gasteiger partial charge in [0.2, 0.25) is 10.0 Å². The van der Waals surface area contributed by atoms with E-state index in [2.05, 4.69) is 0 Å². The predicted molar refractivity (Wildman–Crippen MR) is 92.0 cm³/mol. The van der Waals surface area contributed by atoms with Crippen molar-refractivity contribution in [2.45, 2.75) is 49.8 Å². The summed E-state index contributed by atoms with van der Waals surface area (Å²) < 4.78 is 37.9. The molecule has 2 aliphatic rings. The maximum Gasteiger partial charge on any atom is 0.410 e. The molecule has 0 saturated carbocycles. The van der Waals surface area contributed by atoms with E-state index >= 15 is 0 Å². The molecule has 2 fully saturated rings. The highest BCUT2D eigenvalue weighted by Gasteiger charge is 2.50. The zero-order chi connectivity index (χ0) is 18.4. The van der Waals surface area contributed by atoms with Crippen molar-refractivity contribution in [3.63, 3.8) is 0 Å². The SMILES string of the molecule is COc1cccc(S(=O)(=O)N2CC3CC2CN3C(=O)OC(C)(C)C)c1. The summed E-state index contributed by atoms with van der Waals surface area (Å²) >= 11 is 0. The van der Waals surface area contributed by atoms with Gasteiger partial charge in [0, 0.05) is 25.2 Å². The molecule has 25 heavy (non-hydrogen) atoms. The first-order chi connectivity index (χ1) is 11.6. The Morgan fingerprint density at radius 3 is 2.48 bits per heavy atom. The molecule has 7 nitrogen and oxygen atoms in total. The van der Waals surface area contributed by atoms with E-state index in [1.165, 1.54) is 17.5 Å². The van der Waals surface area contributed by atoms with Crippen molar-refractivity contribution in [2.24, 2.45) is 0 Å². The lowest BCUT2D eigenvalue weighted by molar-refractivity contribution is 0.0173. The molecule has 2 aliphatic heterocycles. The topological polar surface area (TPSA) is 76.2 Å². The fourth-order valence-corrected chi connectivity index (χ4v) is 5.07. The van der Waals surface area contributed by atoms with Crippen LogP contribution in [0.2, 0.25) is 0 Å². The van der Waals surface area contributed by atoms with E-state index in [1.54, 1.807) is 23.1 Å². The van der Waals surface area contributed by atoms with Crippen LogP contribution in [0.3, 0.4) is 0 Å². The van der Waals surface area contributed by atoms with Gasteiger partial charge >= 0.3 is 6.09 Å². The molecule has 2 bridgehead atoms. The summed E-state index contributed by atoms with van der Waals surface area (Å²) in [5.41, 5.74) is -0.564. The molecular weight excluding hydrogens is 344 g/mol. The number of sulfonamides is 1. The molecule has 0 aliphatic carbocycles. The second-order valence-corrected chi connectivity index (χ2v) is 9.32. The smallest absolute Gasteiger partial charge is 0.410 e. The normalized spacial score (nSPS) is 23.8. The number of rotatable bonds is 3. The Morgan fingerprint density at radius 1 is 1.20 bits per heavy atom. The molecule has 2 atom stereocenters. The Bertz CT molecular complexity index is 771. The van der Waals surface area contributed by atoms with Gasteiger partial charge in [-0.15, -0.1) is 0 Å². The number of benzene rings is 1. The van der Waals surface area contributed by atoms with Crippen LogP contribution < -0.4 is 4.74 Å². The van der Waals surface area contributed by atoms with E-state index in [-0.39, 0.29) is 23.1 Å². The minimum Gasteiger partial charge on any atom is -0.497 e. The third-order valence-corrected chi connectivity index (χ3v) is 6.38. The summed E-state index contributed by atoms with van der Waals surface area (Å²) in [6.07, 6.45) is 0.265. The lowest BCUT2D eigenvalue weighted by Gasteiger charge is -2.34. The Morgan fingerprint density at radius 2 is 1.92 bits per heavy atom. The highest BCUT2D eigenvalue weighted by Crippen LogP contribution is 2.36. The Labute approximate surface area is 148 Å². The van der Waals surface area contributed by atoms with Crippen LogP contribution in [0.1, 0.15) is 27.2 Å². The fourth-order valence-electron chi connectivity index (χ4n) is 3.37. The van der Waals surface area contributed by atoms with Crippen molar-refractivity contribution in [3.8, 4) is 5.75 Å². The molecule has 138 valence electrons. The number of ether oxygens (including phenoxy) is 2. The van der Waals surface area contributed by atoms with Gasteiger partial charge in [0.15, 0.2) is 0 Å². The van der Waals surface area contributed by atoms with Gasteiger partial charge < -0.3 is 14.4 Å². The predicted octanol–water partition coefficient (Wildman–Crippen LogP) is 2.08.